The summed E-state index contributed by atoms with van der Waals surface area (Å²) in [4.78, 5) is 36.4. The number of nitro benzene ring substituents is 1. The highest BCUT2D eigenvalue weighted by molar-refractivity contribution is 5.92. The highest BCUT2D eigenvalue weighted by Crippen LogP contribution is 2.39. The number of ether oxygens (including phenoxy) is 1. The van der Waals surface area contributed by atoms with Crippen molar-refractivity contribution in [1.82, 2.24) is 10.2 Å². The van der Waals surface area contributed by atoms with Gasteiger partial charge in [0, 0.05) is 36.3 Å². The van der Waals surface area contributed by atoms with Crippen LogP contribution < -0.4 is 5.32 Å². The summed E-state index contributed by atoms with van der Waals surface area (Å²) in [5.74, 6) is -1.27. The van der Waals surface area contributed by atoms with Gasteiger partial charge in [0.15, 0.2) is 0 Å². The van der Waals surface area contributed by atoms with Crippen molar-refractivity contribution >= 4 is 18.1 Å². The predicted octanol–water partition coefficient (Wildman–Crippen LogP) is 2.72. The number of rotatable bonds is 9. The Hall–Kier alpha value is -3.67. The van der Waals surface area contributed by atoms with Crippen LogP contribution >= 0.6 is 0 Å². The maximum Gasteiger partial charge on any atom is 0.336 e. The third-order valence-electron chi connectivity index (χ3n) is 4.56. The van der Waals surface area contributed by atoms with Gasteiger partial charge in [0.1, 0.15) is 6.61 Å². The first-order valence-electron chi connectivity index (χ1n) is 9.18. The Kier molecular flexibility index (Phi) is 7.48. The molecule has 1 unspecified atom stereocenters. The van der Waals surface area contributed by atoms with Crippen molar-refractivity contribution in [3.8, 4) is 6.07 Å². The second-order valence-electron chi connectivity index (χ2n) is 6.17. The van der Waals surface area contributed by atoms with E-state index in [1.165, 1.54) is 12.1 Å². The highest BCUT2D eigenvalue weighted by Gasteiger charge is 2.34. The van der Waals surface area contributed by atoms with Crippen molar-refractivity contribution in [3.63, 3.8) is 0 Å². The third kappa shape index (κ3) is 4.79. The van der Waals surface area contributed by atoms with Gasteiger partial charge in [-0.25, -0.2) is 4.79 Å². The molecule has 1 aromatic carbocycles. The Balaban J connectivity index is 2.56. The Morgan fingerprint density at radius 1 is 1.38 bits per heavy atom. The van der Waals surface area contributed by atoms with E-state index in [1.54, 1.807) is 18.3 Å². The zero-order valence-corrected chi connectivity index (χ0v) is 16.3. The van der Waals surface area contributed by atoms with E-state index in [0.29, 0.717) is 30.6 Å². The van der Waals surface area contributed by atoms with Gasteiger partial charge in [0.2, 0.25) is 6.41 Å². The van der Waals surface area contributed by atoms with E-state index in [2.05, 4.69) is 5.32 Å². The van der Waals surface area contributed by atoms with Crippen molar-refractivity contribution in [2.75, 3.05) is 13.2 Å². The molecule has 0 radical (unpaired) electrons. The molecule has 1 N–H and O–H groups in total. The fourth-order valence-electron chi connectivity index (χ4n) is 3.28. The first-order chi connectivity index (χ1) is 14.0. The van der Waals surface area contributed by atoms with Crippen LogP contribution in [0.1, 0.15) is 38.2 Å². The number of nitrogens with zero attached hydrogens (tertiary/aromatic N) is 3. The Morgan fingerprint density at radius 2 is 2.07 bits per heavy atom. The molecule has 1 amide bonds. The second-order valence-corrected chi connectivity index (χ2v) is 6.17. The number of allylic oxidation sites excluding steroid dienone is 2. The lowest BCUT2D eigenvalue weighted by Crippen LogP contribution is -2.34. The fraction of sp³-hybridized carbons (Fsp3) is 0.350. The summed E-state index contributed by atoms with van der Waals surface area (Å²) in [7, 11) is 0. The summed E-state index contributed by atoms with van der Waals surface area (Å²) in [6.07, 6.45) is 2.88. The van der Waals surface area contributed by atoms with Gasteiger partial charge >= 0.3 is 5.97 Å². The van der Waals surface area contributed by atoms with Crippen LogP contribution in [0.15, 0.2) is 47.4 Å². The van der Waals surface area contributed by atoms with E-state index in [-0.39, 0.29) is 24.3 Å². The van der Waals surface area contributed by atoms with Gasteiger partial charge in [0.25, 0.3) is 5.69 Å². The molecule has 1 atom stereocenters. The lowest BCUT2D eigenvalue weighted by Gasteiger charge is -2.35. The van der Waals surface area contributed by atoms with Gasteiger partial charge in [-0.15, -0.1) is 0 Å². The SMILES string of the molecule is CCC1=C(NC=O)C(c2ccc([N+](=O)[O-])cc2)C(C(=O)OCCC#N)=CN1CC. The number of nitro groups is 1. The second kappa shape index (κ2) is 10.0. The molecule has 0 saturated carbocycles. The molecule has 9 nitrogen and oxygen atoms in total. The minimum atomic E-state index is -0.659. The van der Waals surface area contributed by atoms with Crippen molar-refractivity contribution in [2.24, 2.45) is 0 Å². The monoisotopic (exact) mass is 398 g/mol. The average molecular weight is 398 g/mol. The van der Waals surface area contributed by atoms with Gasteiger partial charge in [-0.2, -0.15) is 5.26 Å². The molecule has 1 aliphatic rings. The summed E-state index contributed by atoms with van der Waals surface area (Å²) in [5, 5.41) is 22.4. The van der Waals surface area contributed by atoms with Gasteiger partial charge in [0.05, 0.1) is 28.9 Å². The number of benzene rings is 1. The van der Waals surface area contributed by atoms with E-state index in [4.69, 9.17) is 10.00 Å². The van der Waals surface area contributed by atoms with Crippen LogP contribution in [-0.2, 0) is 14.3 Å². The molecule has 152 valence electrons. The highest BCUT2D eigenvalue weighted by atomic mass is 16.6. The minimum absolute atomic E-state index is 0.0490. The normalized spacial score (nSPS) is 16.0. The number of carbonyl (C=O) groups is 2. The Morgan fingerprint density at radius 3 is 2.59 bits per heavy atom. The molecule has 29 heavy (non-hydrogen) atoms. The molecule has 2 rings (SSSR count). The number of nitrogens with one attached hydrogen (secondary N) is 1. The zero-order chi connectivity index (χ0) is 21.4. The summed E-state index contributed by atoms with van der Waals surface area (Å²) < 4.78 is 5.22. The molecule has 9 heteroatoms. The molecule has 0 aromatic heterocycles. The van der Waals surface area contributed by atoms with E-state index >= 15 is 0 Å². The molecule has 1 heterocycles. The first-order valence-corrected chi connectivity index (χ1v) is 9.18. The predicted molar refractivity (Wildman–Crippen MR) is 104 cm³/mol. The average Bonchev–Trinajstić information content (AvgIpc) is 2.73. The van der Waals surface area contributed by atoms with Crippen LogP contribution in [0, 0.1) is 21.4 Å². The molecular weight excluding hydrogens is 376 g/mol. The maximum atomic E-state index is 12.8. The van der Waals surface area contributed by atoms with Crippen LogP contribution in [0.5, 0.6) is 0 Å². The Bertz CT molecular complexity index is 883. The summed E-state index contributed by atoms with van der Waals surface area (Å²) >= 11 is 0. The summed E-state index contributed by atoms with van der Waals surface area (Å²) in [6, 6.07) is 7.73. The number of amides is 1. The largest absolute Gasteiger partial charge is 0.461 e. The molecular formula is C20H22N4O5. The zero-order valence-electron chi connectivity index (χ0n) is 16.3. The molecule has 0 aliphatic carbocycles. The van der Waals surface area contributed by atoms with E-state index in [1.807, 2.05) is 24.8 Å². The van der Waals surface area contributed by atoms with E-state index in [9.17, 15) is 19.7 Å². The summed E-state index contributed by atoms with van der Waals surface area (Å²) in [5.41, 5.74) is 2.15. The quantitative estimate of drug-likeness (QED) is 0.223. The smallest absolute Gasteiger partial charge is 0.336 e. The Labute approximate surface area is 168 Å². The first kappa shape index (κ1) is 21.6. The molecule has 0 saturated heterocycles. The van der Waals surface area contributed by atoms with Crippen molar-refractivity contribution in [1.29, 1.82) is 5.26 Å². The lowest BCUT2D eigenvalue weighted by atomic mass is 9.84. The van der Waals surface area contributed by atoms with Crippen LogP contribution in [-0.4, -0.2) is 35.4 Å². The number of esters is 1. The van der Waals surface area contributed by atoms with Gasteiger partial charge in [-0.3, -0.25) is 14.9 Å². The number of nitriles is 1. The number of non-ortho nitro benzene ring substituents is 1. The molecule has 0 spiro atoms. The molecule has 0 fully saturated rings. The van der Waals surface area contributed by atoms with Crippen molar-refractivity contribution in [3.05, 3.63) is 63.1 Å². The number of hydrogen-bond acceptors (Lipinski definition) is 7. The van der Waals surface area contributed by atoms with Gasteiger partial charge in [-0.1, -0.05) is 19.1 Å². The van der Waals surface area contributed by atoms with E-state index < -0.39 is 16.8 Å². The third-order valence-corrected chi connectivity index (χ3v) is 4.56. The number of hydrogen-bond donors (Lipinski definition) is 1. The van der Waals surface area contributed by atoms with Crippen molar-refractivity contribution in [2.45, 2.75) is 32.6 Å². The van der Waals surface area contributed by atoms with Crippen LogP contribution in [0.2, 0.25) is 0 Å². The van der Waals surface area contributed by atoms with Gasteiger partial charge in [-0.05, 0) is 18.9 Å². The molecule has 0 bridgehead atoms. The van der Waals surface area contributed by atoms with Gasteiger partial charge < -0.3 is 15.0 Å². The summed E-state index contributed by atoms with van der Waals surface area (Å²) in [6.45, 7) is 4.36. The minimum Gasteiger partial charge on any atom is -0.461 e. The number of carbonyl (C=O) groups excluding carboxylic acids is 2. The fourth-order valence-corrected chi connectivity index (χ4v) is 3.28. The topological polar surface area (TPSA) is 126 Å². The van der Waals surface area contributed by atoms with Crippen LogP contribution in [0.25, 0.3) is 0 Å². The molecule has 1 aliphatic heterocycles. The molecule has 1 aromatic rings. The lowest BCUT2D eigenvalue weighted by molar-refractivity contribution is -0.384. The van der Waals surface area contributed by atoms with E-state index in [0.717, 1.165) is 5.70 Å². The van der Waals surface area contributed by atoms with Crippen molar-refractivity contribution < 1.29 is 19.2 Å². The van der Waals surface area contributed by atoms with Crippen LogP contribution in [0.3, 0.4) is 0 Å². The standard InChI is InChI=1S/C20H22N4O5/c1-3-17-19(22-13-25)18(14-6-8-15(9-7-14)24(27)28)16(12-23(17)4-2)20(26)29-11-5-10-21/h6-9,12-13,18H,3-5,11H2,1-2H3,(H,22,25). The maximum absolute atomic E-state index is 12.8. The van der Waals surface area contributed by atoms with Crippen LogP contribution in [0.4, 0.5) is 5.69 Å².